The van der Waals surface area contributed by atoms with Gasteiger partial charge in [-0.2, -0.15) is 11.8 Å². The van der Waals surface area contributed by atoms with Gasteiger partial charge in [-0.1, -0.05) is 13.8 Å². The summed E-state index contributed by atoms with van der Waals surface area (Å²) in [6.45, 7) is 6.77. The Morgan fingerprint density at radius 2 is 2.25 bits per heavy atom. The molecule has 0 aliphatic heterocycles. The topological polar surface area (TPSA) is 42.0 Å². The van der Waals surface area contributed by atoms with Crippen LogP contribution in [0.2, 0.25) is 0 Å². The lowest BCUT2D eigenvalue weighted by Crippen LogP contribution is -2.24. The Kier molecular flexibility index (Phi) is 5.84. The highest BCUT2D eigenvalue weighted by molar-refractivity contribution is 7.99. The van der Waals surface area contributed by atoms with Crippen molar-refractivity contribution >= 4 is 29.0 Å². The van der Waals surface area contributed by atoms with Gasteiger partial charge in [0.1, 0.15) is 0 Å². The number of carbonyl (C=O) groups is 1. The van der Waals surface area contributed by atoms with Crippen molar-refractivity contribution in [3.8, 4) is 0 Å². The van der Waals surface area contributed by atoms with E-state index in [9.17, 15) is 4.79 Å². The molecule has 0 radical (unpaired) electrons. The van der Waals surface area contributed by atoms with Gasteiger partial charge >= 0.3 is 0 Å². The summed E-state index contributed by atoms with van der Waals surface area (Å²) in [5.41, 5.74) is 1.12. The molecule has 0 aromatic carbocycles. The van der Waals surface area contributed by atoms with Crippen molar-refractivity contribution < 1.29 is 4.79 Å². The normalized spacial score (nSPS) is 10.4. The lowest BCUT2D eigenvalue weighted by molar-refractivity contribution is -0.118. The van der Waals surface area contributed by atoms with Crippen molar-refractivity contribution in [3.63, 3.8) is 0 Å². The minimum atomic E-state index is 0.111. The summed E-state index contributed by atoms with van der Waals surface area (Å²) >= 11 is 3.31. The molecule has 0 fully saturated rings. The minimum Gasteiger partial charge on any atom is -0.350 e. The van der Waals surface area contributed by atoms with E-state index >= 15 is 0 Å². The van der Waals surface area contributed by atoms with E-state index < -0.39 is 0 Å². The molecule has 0 atom stereocenters. The van der Waals surface area contributed by atoms with E-state index in [0.717, 1.165) is 22.9 Å². The van der Waals surface area contributed by atoms with E-state index in [1.54, 1.807) is 23.1 Å². The van der Waals surface area contributed by atoms with Crippen molar-refractivity contribution in [1.82, 2.24) is 10.3 Å². The van der Waals surface area contributed by atoms with Gasteiger partial charge < -0.3 is 5.32 Å². The number of hydrogen-bond donors (Lipinski definition) is 1. The maximum atomic E-state index is 11.4. The van der Waals surface area contributed by atoms with E-state index in [-0.39, 0.29) is 5.91 Å². The van der Waals surface area contributed by atoms with Crippen molar-refractivity contribution in [2.75, 3.05) is 11.5 Å². The first-order valence-corrected chi connectivity index (χ1v) is 7.44. The Hall–Kier alpha value is -0.550. The third kappa shape index (κ3) is 4.14. The summed E-state index contributed by atoms with van der Waals surface area (Å²) in [6.07, 6.45) is 0.930. The highest BCUT2D eigenvalue weighted by Gasteiger charge is 2.08. The fraction of sp³-hybridized carbons (Fsp3) is 0.636. The average Bonchev–Trinajstić information content (AvgIpc) is 2.64. The van der Waals surface area contributed by atoms with Crippen LogP contribution in [0.3, 0.4) is 0 Å². The molecule has 1 aromatic heterocycles. The predicted molar refractivity (Wildman–Crippen MR) is 71.1 cm³/mol. The van der Waals surface area contributed by atoms with Crippen LogP contribution in [0.4, 0.5) is 0 Å². The lowest BCUT2D eigenvalue weighted by atomic mass is 10.3. The number of thiazole rings is 1. The van der Waals surface area contributed by atoms with Crippen LogP contribution in [0.5, 0.6) is 0 Å². The van der Waals surface area contributed by atoms with Crippen molar-refractivity contribution in [1.29, 1.82) is 0 Å². The van der Waals surface area contributed by atoms with Crippen LogP contribution in [0.25, 0.3) is 0 Å². The van der Waals surface area contributed by atoms with Crippen LogP contribution in [-0.2, 0) is 17.8 Å². The summed E-state index contributed by atoms with van der Waals surface area (Å²) in [5.74, 6) is 1.64. The van der Waals surface area contributed by atoms with E-state index in [1.165, 1.54) is 4.88 Å². The SMILES string of the molecule is CCSCC(=O)NCc1sc(C)nc1CC. The molecule has 5 heteroatoms. The second-order valence-electron chi connectivity index (χ2n) is 3.37. The van der Waals surface area contributed by atoms with Gasteiger partial charge in [0.2, 0.25) is 5.91 Å². The second kappa shape index (κ2) is 6.91. The standard InChI is InChI=1S/C11H18N2OS2/c1-4-9-10(16-8(3)13-9)6-12-11(14)7-15-5-2/h4-7H2,1-3H3,(H,12,14). The van der Waals surface area contributed by atoms with Gasteiger partial charge in [-0.3, -0.25) is 4.79 Å². The van der Waals surface area contributed by atoms with E-state index in [2.05, 4.69) is 24.1 Å². The van der Waals surface area contributed by atoms with E-state index in [1.807, 2.05) is 6.92 Å². The molecule has 1 amide bonds. The number of carbonyl (C=O) groups excluding carboxylic acids is 1. The van der Waals surface area contributed by atoms with E-state index in [4.69, 9.17) is 0 Å². The fourth-order valence-electron chi connectivity index (χ4n) is 1.35. The molecular formula is C11H18N2OS2. The summed E-state index contributed by atoms with van der Waals surface area (Å²) in [6, 6.07) is 0. The number of hydrogen-bond acceptors (Lipinski definition) is 4. The van der Waals surface area contributed by atoms with E-state index in [0.29, 0.717) is 12.3 Å². The van der Waals surface area contributed by atoms with Crippen LogP contribution < -0.4 is 5.32 Å². The average molecular weight is 258 g/mol. The molecule has 0 aliphatic carbocycles. The number of aryl methyl sites for hydroxylation is 2. The molecule has 16 heavy (non-hydrogen) atoms. The zero-order chi connectivity index (χ0) is 12.0. The largest absolute Gasteiger partial charge is 0.350 e. The Bertz CT molecular complexity index is 350. The third-order valence-electron chi connectivity index (χ3n) is 2.10. The summed E-state index contributed by atoms with van der Waals surface area (Å²) < 4.78 is 0. The summed E-state index contributed by atoms with van der Waals surface area (Å²) in [5, 5.41) is 4.01. The molecule has 1 heterocycles. The number of rotatable bonds is 6. The maximum Gasteiger partial charge on any atom is 0.230 e. The van der Waals surface area contributed by atoms with Crippen LogP contribution in [0.1, 0.15) is 29.4 Å². The molecule has 0 unspecified atom stereocenters. The Morgan fingerprint density at radius 1 is 1.50 bits per heavy atom. The highest BCUT2D eigenvalue weighted by atomic mass is 32.2. The molecule has 0 spiro atoms. The molecule has 3 nitrogen and oxygen atoms in total. The number of amides is 1. The molecule has 90 valence electrons. The monoisotopic (exact) mass is 258 g/mol. The molecule has 0 saturated heterocycles. The van der Waals surface area contributed by atoms with Gasteiger partial charge in [0.25, 0.3) is 0 Å². The first-order chi connectivity index (χ1) is 7.67. The van der Waals surface area contributed by atoms with Gasteiger partial charge in [-0.05, 0) is 19.1 Å². The second-order valence-corrected chi connectivity index (χ2v) is 5.93. The van der Waals surface area contributed by atoms with Crippen molar-refractivity contribution in [2.45, 2.75) is 33.7 Å². The van der Waals surface area contributed by atoms with Crippen molar-refractivity contribution in [3.05, 3.63) is 15.6 Å². The zero-order valence-electron chi connectivity index (χ0n) is 10.0. The molecule has 1 aromatic rings. The van der Waals surface area contributed by atoms with Crippen LogP contribution in [0, 0.1) is 6.92 Å². The molecule has 0 aliphatic rings. The van der Waals surface area contributed by atoms with Crippen LogP contribution in [-0.4, -0.2) is 22.4 Å². The minimum absolute atomic E-state index is 0.111. The van der Waals surface area contributed by atoms with Crippen LogP contribution >= 0.6 is 23.1 Å². The third-order valence-corrected chi connectivity index (χ3v) is 3.99. The summed E-state index contributed by atoms with van der Waals surface area (Å²) in [4.78, 5) is 17.1. The first kappa shape index (κ1) is 13.5. The molecule has 1 rings (SSSR count). The van der Waals surface area contributed by atoms with Crippen molar-refractivity contribution in [2.24, 2.45) is 0 Å². The first-order valence-electron chi connectivity index (χ1n) is 5.47. The smallest absolute Gasteiger partial charge is 0.230 e. The molecular weight excluding hydrogens is 240 g/mol. The molecule has 0 bridgehead atoms. The zero-order valence-corrected chi connectivity index (χ0v) is 11.6. The number of aromatic nitrogens is 1. The molecule has 1 N–H and O–H groups in total. The molecule has 0 saturated carbocycles. The number of thioether (sulfide) groups is 1. The Morgan fingerprint density at radius 3 is 2.88 bits per heavy atom. The lowest BCUT2D eigenvalue weighted by Gasteiger charge is -2.03. The van der Waals surface area contributed by atoms with Gasteiger partial charge in [0.15, 0.2) is 0 Å². The maximum absolute atomic E-state index is 11.4. The Balaban J connectivity index is 2.44. The van der Waals surface area contributed by atoms with Gasteiger partial charge in [-0.25, -0.2) is 4.98 Å². The van der Waals surface area contributed by atoms with Gasteiger partial charge in [0, 0.05) is 4.88 Å². The fourth-order valence-corrected chi connectivity index (χ4v) is 2.81. The highest BCUT2D eigenvalue weighted by Crippen LogP contribution is 2.18. The number of nitrogens with zero attached hydrogens (tertiary/aromatic N) is 1. The van der Waals surface area contributed by atoms with Gasteiger partial charge in [0.05, 0.1) is 23.0 Å². The predicted octanol–water partition coefficient (Wildman–Crippen LogP) is 2.38. The quantitative estimate of drug-likeness (QED) is 0.852. The van der Waals surface area contributed by atoms with Gasteiger partial charge in [-0.15, -0.1) is 11.3 Å². The Labute approximate surface area is 105 Å². The summed E-state index contributed by atoms with van der Waals surface area (Å²) in [7, 11) is 0. The number of nitrogens with one attached hydrogen (secondary N) is 1. The van der Waals surface area contributed by atoms with Crippen LogP contribution in [0.15, 0.2) is 0 Å².